The summed E-state index contributed by atoms with van der Waals surface area (Å²) in [5.41, 5.74) is -0.406. The number of hydrogen-bond donors (Lipinski definition) is 1. The molecular formula is C14H25N3O2. The number of hydrogen-bond acceptors (Lipinski definition) is 5. The first-order chi connectivity index (χ1) is 9.19. The van der Waals surface area contributed by atoms with Crippen molar-refractivity contribution < 1.29 is 9.26 Å². The van der Waals surface area contributed by atoms with Crippen molar-refractivity contribution in [2.45, 2.75) is 57.6 Å². The molecule has 1 aliphatic carbocycles. The molecule has 0 amide bonds. The molecule has 0 bridgehead atoms. The van der Waals surface area contributed by atoms with E-state index in [1.165, 1.54) is 12.8 Å². The Bertz CT molecular complexity index is 389. The summed E-state index contributed by atoms with van der Waals surface area (Å²) in [4.78, 5) is 4.55. The maximum absolute atomic E-state index is 5.63. The minimum Gasteiger partial charge on any atom is -0.370 e. The first-order valence-electron chi connectivity index (χ1n) is 7.24. The summed E-state index contributed by atoms with van der Waals surface area (Å²) in [7, 11) is 3.71. The molecule has 19 heavy (non-hydrogen) atoms. The predicted octanol–water partition coefficient (Wildman–Crippen LogP) is 2.27. The van der Waals surface area contributed by atoms with Gasteiger partial charge in [0.2, 0.25) is 11.7 Å². The average molecular weight is 267 g/mol. The third kappa shape index (κ3) is 2.98. The van der Waals surface area contributed by atoms with Crippen LogP contribution < -0.4 is 5.32 Å². The molecule has 1 unspecified atom stereocenters. The summed E-state index contributed by atoms with van der Waals surface area (Å²) >= 11 is 0. The molecule has 108 valence electrons. The van der Waals surface area contributed by atoms with Crippen molar-refractivity contribution in [1.29, 1.82) is 0 Å². The molecule has 5 nitrogen and oxygen atoms in total. The van der Waals surface area contributed by atoms with Crippen molar-refractivity contribution >= 4 is 0 Å². The topological polar surface area (TPSA) is 60.2 Å². The Morgan fingerprint density at radius 1 is 1.42 bits per heavy atom. The predicted molar refractivity (Wildman–Crippen MR) is 72.8 cm³/mol. The molecule has 0 saturated heterocycles. The van der Waals surface area contributed by atoms with E-state index in [0.717, 1.165) is 25.2 Å². The van der Waals surface area contributed by atoms with Crippen LogP contribution in [0.1, 0.15) is 51.2 Å². The van der Waals surface area contributed by atoms with Gasteiger partial charge >= 0.3 is 0 Å². The molecule has 5 heteroatoms. The van der Waals surface area contributed by atoms with E-state index in [1.54, 1.807) is 7.11 Å². The maximum Gasteiger partial charge on any atom is 0.228 e. The van der Waals surface area contributed by atoms with Crippen LogP contribution in [0.4, 0.5) is 0 Å². The van der Waals surface area contributed by atoms with E-state index >= 15 is 0 Å². The smallest absolute Gasteiger partial charge is 0.228 e. The van der Waals surface area contributed by atoms with Crippen LogP contribution in [-0.2, 0) is 16.8 Å². The van der Waals surface area contributed by atoms with Crippen LogP contribution in [0.15, 0.2) is 4.52 Å². The summed E-state index contributed by atoms with van der Waals surface area (Å²) in [6.07, 6.45) is 5.10. The molecule has 0 aliphatic heterocycles. The van der Waals surface area contributed by atoms with Gasteiger partial charge < -0.3 is 14.6 Å². The molecular weight excluding hydrogens is 242 g/mol. The highest BCUT2D eigenvalue weighted by Crippen LogP contribution is 2.34. The van der Waals surface area contributed by atoms with Gasteiger partial charge in [0.05, 0.1) is 0 Å². The van der Waals surface area contributed by atoms with E-state index in [0.29, 0.717) is 17.8 Å². The second-order valence-electron chi connectivity index (χ2n) is 5.35. The zero-order valence-electron chi connectivity index (χ0n) is 12.4. The second-order valence-corrected chi connectivity index (χ2v) is 5.35. The molecule has 1 aliphatic rings. The van der Waals surface area contributed by atoms with Gasteiger partial charge in [-0.15, -0.1) is 0 Å². The number of rotatable bonds is 8. The van der Waals surface area contributed by atoms with E-state index < -0.39 is 5.60 Å². The van der Waals surface area contributed by atoms with E-state index in [-0.39, 0.29) is 0 Å². The molecule has 2 rings (SSSR count). The van der Waals surface area contributed by atoms with Gasteiger partial charge in [0.1, 0.15) is 5.60 Å². The number of nitrogens with zero attached hydrogens (tertiary/aromatic N) is 2. The molecule has 1 saturated carbocycles. The minimum atomic E-state index is -0.406. The first-order valence-corrected chi connectivity index (χ1v) is 7.24. The highest BCUT2D eigenvalue weighted by atomic mass is 16.5. The summed E-state index contributed by atoms with van der Waals surface area (Å²) in [6, 6.07) is 0.452. The molecule has 1 aromatic heterocycles. The van der Waals surface area contributed by atoms with Crippen LogP contribution >= 0.6 is 0 Å². The molecule has 1 fully saturated rings. The quantitative estimate of drug-likeness (QED) is 0.783. The second kappa shape index (κ2) is 6.01. The van der Waals surface area contributed by atoms with Crippen molar-refractivity contribution in [3.05, 3.63) is 11.7 Å². The Balaban J connectivity index is 2.09. The van der Waals surface area contributed by atoms with Gasteiger partial charge in [-0.2, -0.15) is 4.98 Å². The third-order valence-corrected chi connectivity index (χ3v) is 4.36. The fourth-order valence-corrected chi connectivity index (χ4v) is 2.66. The normalized spacial score (nSPS) is 17.7. The lowest BCUT2D eigenvalue weighted by atomic mass is 9.96. The number of nitrogens with one attached hydrogen (secondary N) is 1. The largest absolute Gasteiger partial charge is 0.370 e. The van der Waals surface area contributed by atoms with E-state index in [1.807, 2.05) is 7.05 Å². The average Bonchev–Trinajstić information content (AvgIpc) is 3.19. The standard InChI is InChI=1S/C14H25N3O2/c1-5-14(6-2,18-4)13-16-12(19-17-13)9-11(15-3)10-7-8-10/h10-11,15H,5-9H2,1-4H3. The van der Waals surface area contributed by atoms with Crippen LogP contribution in [0.25, 0.3) is 0 Å². The Morgan fingerprint density at radius 2 is 2.11 bits per heavy atom. The van der Waals surface area contributed by atoms with Crippen molar-refractivity contribution in [2.24, 2.45) is 5.92 Å². The Labute approximate surface area is 115 Å². The van der Waals surface area contributed by atoms with Crippen molar-refractivity contribution in [3.8, 4) is 0 Å². The fourth-order valence-electron chi connectivity index (χ4n) is 2.66. The van der Waals surface area contributed by atoms with Crippen LogP contribution in [-0.4, -0.2) is 30.3 Å². The van der Waals surface area contributed by atoms with Gasteiger partial charge in [0.25, 0.3) is 0 Å². The fraction of sp³-hybridized carbons (Fsp3) is 0.857. The van der Waals surface area contributed by atoms with Gasteiger partial charge in [-0.3, -0.25) is 0 Å². The monoisotopic (exact) mass is 267 g/mol. The van der Waals surface area contributed by atoms with E-state index in [4.69, 9.17) is 9.26 Å². The highest BCUT2D eigenvalue weighted by Gasteiger charge is 2.35. The van der Waals surface area contributed by atoms with Gasteiger partial charge in [-0.05, 0) is 38.6 Å². The van der Waals surface area contributed by atoms with Crippen LogP contribution in [0.2, 0.25) is 0 Å². The Hall–Kier alpha value is -0.940. The third-order valence-electron chi connectivity index (χ3n) is 4.36. The van der Waals surface area contributed by atoms with Crippen molar-refractivity contribution in [1.82, 2.24) is 15.5 Å². The highest BCUT2D eigenvalue weighted by molar-refractivity contribution is 5.02. The number of methoxy groups -OCH3 is 1. The lowest BCUT2D eigenvalue weighted by molar-refractivity contribution is -0.0306. The maximum atomic E-state index is 5.63. The SMILES string of the molecule is CCC(CC)(OC)c1noc(CC(NC)C2CC2)n1. The number of aromatic nitrogens is 2. The molecule has 1 aromatic rings. The Morgan fingerprint density at radius 3 is 2.58 bits per heavy atom. The molecule has 1 atom stereocenters. The minimum absolute atomic E-state index is 0.406. The lowest BCUT2D eigenvalue weighted by Gasteiger charge is -2.25. The van der Waals surface area contributed by atoms with Crippen LogP contribution in [0.5, 0.6) is 0 Å². The van der Waals surface area contributed by atoms with Crippen molar-refractivity contribution in [3.63, 3.8) is 0 Å². The van der Waals surface area contributed by atoms with Gasteiger partial charge in [-0.25, -0.2) is 0 Å². The zero-order valence-corrected chi connectivity index (χ0v) is 12.4. The summed E-state index contributed by atoms with van der Waals surface area (Å²) in [6.45, 7) is 4.17. The Kier molecular flexibility index (Phi) is 4.58. The summed E-state index contributed by atoms with van der Waals surface area (Å²) in [5.74, 6) is 2.16. The zero-order chi connectivity index (χ0) is 13.9. The molecule has 0 radical (unpaired) electrons. The van der Waals surface area contributed by atoms with Gasteiger partial charge in [-0.1, -0.05) is 19.0 Å². The summed E-state index contributed by atoms with van der Waals surface area (Å²) < 4.78 is 11.0. The summed E-state index contributed by atoms with van der Waals surface area (Å²) in [5, 5.41) is 7.47. The van der Waals surface area contributed by atoms with Gasteiger partial charge in [0.15, 0.2) is 0 Å². The van der Waals surface area contributed by atoms with Crippen molar-refractivity contribution in [2.75, 3.05) is 14.2 Å². The van der Waals surface area contributed by atoms with Crippen LogP contribution in [0, 0.1) is 5.92 Å². The molecule has 1 N–H and O–H groups in total. The molecule has 1 heterocycles. The molecule has 0 aromatic carbocycles. The van der Waals surface area contributed by atoms with Crippen LogP contribution in [0.3, 0.4) is 0 Å². The number of ether oxygens (including phenoxy) is 1. The lowest BCUT2D eigenvalue weighted by Crippen LogP contribution is -2.30. The first kappa shape index (κ1) is 14.5. The molecule has 0 spiro atoms. The number of likely N-dealkylation sites (N-methyl/N-ethyl adjacent to an activating group) is 1. The van der Waals surface area contributed by atoms with Gasteiger partial charge in [0, 0.05) is 19.6 Å². The van der Waals surface area contributed by atoms with E-state index in [2.05, 4.69) is 29.3 Å². The van der Waals surface area contributed by atoms with E-state index in [9.17, 15) is 0 Å².